The lowest BCUT2D eigenvalue weighted by molar-refractivity contribution is -0.145. The zero-order chi connectivity index (χ0) is 27.4. The van der Waals surface area contributed by atoms with Gasteiger partial charge in [-0.15, -0.1) is 0 Å². The van der Waals surface area contributed by atoms with E-state index in [1.54, 1.807) is 0 Å². The molecule has 38 heavy (non-hydrogen) atoms. The van der Waals surface area contributed by atoms with E-state index in [9.17, 15) is 9.59 Å². The van der Waals surface area contributed by atoms with Crippen LogP contribution in [0.4, 0.5) is 0 Å². The van der Waals surface area contributed by atoms with Crippen molar-refractivity contribution < 1.29 is 28.5 Å². The van der Waals surface area contributed by atoms with Crippen LogP contribution in [0, 0.1) is 0 Å². The Labute approximate surface area is 226 Å². The molecule has 6 nitrogen and oxygen atoms in total. The molecular weight excluding hydrogens is 480 g/mol. The van der Waals surface area contributed by atoms with Gasteiger partial charge in [0, 0.05) is 34.1 Å². The molecule has 2 bridgehead atoms. The molecule has 204 valence electrons. The molecular formula is C32H40O6. The normalized spacial score (nSPS) is 20.9. The Kier molecular flexibility index (Phi) is 8.49. The lowest BCUT2D eigenvalue weighted by atomic mass is 9.78. The molecule has 6 heteroatoms. The van der Waals surface area contributed by atoms with Gasteiger partial charge in [-0.3, -0.25) is 0 Å². The highest BCUT2D eigenvalue weighted by molar-refractivity contribution is 5.98. The predicted octanol–water partition coefficient (Wildman–Crippen LogP) is 6.71. The number of carbonyl (C=O) groups is 2. The van der Waals surface area contributed by atoms with E-state index in [2.05, 4.69) is 45.2 Å². The Morgan fingerprint density at radius 3 is 2.13 bits per heavy atom. The van der Waals surface area contributed by atoms with Crippen LogP contribution >= 0.6 is 0 Å². The third-order valence-corrected chi connectivity index (χ3v) is 8.11. The second-order valence-corrected chi connectivity index (χ2v) is 10.6. The Hall–Kier alpha value is -3.28. The van der Waals surface area contributed by atoms with Crippen LogP contribution in [0.1, 0.15) is 82.4 Å². The van der Waals surface area contributed by atoms with Crippen LogP contribution < -0.4 is 9.47 Å². The fourth-order valence-electron chi connectivity index (χ4n) is 5.97. The molecule has 4 rings (SSSR count). The van der Waals surface area contributed by atoms with Crippen molar-refractivity contribution in [3.8, 4) is 11.5 Å². The van der Waals surface area contributed by atoms with Crippen molar-refractivity contribution in [1.82, 2.24) is 0 Å². The molecule has 2 aliphatic carbocycles. The fraction of sp³-hybridized carbons (Fsp3) is 0.500. The third kappa shape index (κ3) is 5.31. The van der Waals surface area contributed by atoms with Crippen LogP contribution in [-0.2, 0) is 30.9 Å². The number of fused-ring (bicyclic) bond motifs is 6. The summed E-state index contributed by atoms with van der Waals surface area (Å²) < 4.78 is 24.2. The quantitative estimate of drug-likeness (QED) is 0.216. The molecule has 0 radical (unpaired) electrons. The summed E-state index contributed by atoms with van der Waals surface area (Å²) in [5.41, 5.74) is 3.63. The lowest BCUT2D eigenvalue weighted by Crippen LogP contribution is -2.26. The average Bonchev–Trinajstić information content (AvgIpc) is 3.47. The van der Waals surface area contributed by atoms with E-state index in [0.29, 0.717) is 18.8 Å². The number of benzene rings is 2. The first kappa shape index (κ1) is 27.7. The van der Waals surface area contributed by atoms with E-state index >= 15 is 0 Å². The Morgan fingerprint density at radius 1 is 0.974 bits per heavy atom. The van der Waals surface area contributed by atoms with Crippen LogP contribution in [0.5, 0.6) is 11.5 Å². The van der Waals surface area contributed by atoms with Crippen molar-refractivity contribution in [2.24, 2.45) is 0 Å². The van der Waals surface area contributed by atoms with Crippen LogP contribution in [0.2, 0.25) is 0 Å². The minimum atomic E-state index is -0.444. The maximum atomic E-state index is 11.9. The van der Waals surface area contributed by atoms with Gasteiger partial charge in [0.05, 0.1) is 0 Å². The monoisotopic (exact) mass is 520 g/mol. The van der Waals surface area contributed by atoms with Crippen molar-refractivity contribution in [2.75, 3.05) is 13.2 Å². The summed E-state index contributed by atoms with van der Waals surface area (Å²) in [5, 5.41) is 2.00. The Balaban J connectivity index is 1.80. The molecule has 1 saturated carbocycles. The van der Waals surface area contributed by atoms with Gasteiger partial charge in [-0.25, -0.2) is 9.59 Å². The number of esters is 2. The van der Waals surface area contributed by atoms with Crippen LogP contribution in [0.15, 0.2) is 43.5 Å². The summed E-state index contributed by atoms with van der Waals surface area (Å²) in [6.07, 6.45) is 7.07. The Bertz CT molecular complexity index is 1230. The number of carbonyl (C=O) groups excluding carboxylic acids is 2. The number of hydrogen-bond acceptors (Lipinski definition) is 6. The first-order valence-corrected chi connectivity index (χ1v) is 13.8. The van der Waals surface area contributed by atoms with E-state index in [4.69, 9.17) is 18.9 Å². The maximum Gasteiger partial charge on any atom is 0.330 e. The SMILES string of the molecule is C=CC(=O)OC(CC)COc1c2c(c(OCC(CC)OC(=O)C=C)c3ccc(CC)cc13)C1(C)CCC2C1. The van der Waals surface area contributed by atoms with E-state index in [1.807, 2.05) is 13.8 Å². The summed E-state index contributed by atoms with van der Waals surface area (Å²) in [6, 6.07) is 6.45. The molecule has 0 spiro atoms. The van der Waals surface area contributed by atoms with Gasteiger partial charge < -0.3 is 18.9 Å². The minimum absolute atomic E-state index is 0.00989. The number of aryl methyl sites for hydroxylation is 1. The van der Waals surface area contributed by atoms with Gasteiger partial charge >= 0.3 is 11.9 Å². The van der Waals surface area contributed by atoms with Crippen LogP contribution in [0.3, 0.4) is 0 Å². The van der Waals surface area contributed by atoms with E-state index < -0.39 is 11.9 Å². The van der Waals surface area contributed by atoms with Crippen LogP contribution in [-0.4, -0.2) is 37.4 Å². The van der Waals surface area contributed by atoms with Gasteiger partial charge in [0.2, 0.25) is 0 Å². The van der Waals surface area contributed by atoms with Crippen molar-refractivity contribution >= 4 is 22.7 Å². The zero-order valence-corrected chi connectivity index (χ0v) is 23.1. The first-order chi connectivity index (χ1) is 18.3. The first-order valence-electron chi connectivity index (χ1n) is 13.8. The summed E-state index contributed by atoms with van der Waals surface area (Å²) in [5.74, 6) is 1.25. The van der Waals surface area contributed by atoms with Gasteiger partial charge in [0.1, 0.15) is 36.9 Å². The summed E-state index contributed by atoms with van der Waals surface area (Å²) >= 11 is 0. The van der Waals surface area contributed by atoms with E-state index in [1.165, 1.54) is 28.8 Å². The zero-order valence-electron chi connectivity index (χ0n) is 23.1. The molecule has 2 aromatic rings. The van der Waals surface area contributed by atoms with E-state index in [-0.39, 0.29) is 30.8 Å². The number of rotatable bonds is 13. The van der Waals surface area contributed by atoms with Gasteiger partial charge in [0.15, 0.2) is 0 Å². The molecule has 4 atom stereocenters. The molecule has 0 N–H and O–H groups in total. The summed E-state index contributed by atoms with van der Waals surface area (Å²) in [6.45, 7) is 16.0. The molecule has 2 aromatic carbocycles. The highest BCUT2D eigenvalue weighted by Gasteiger charge is 2.50. The average molecular weight is 521 g/mol. The highest BCUT2D eigenvalue weighted by atomic mass is 16.6. The van der Waals surface area contributed by atoms with Gasteiger partial charge in [-0.05, 0) is 61.5 Å². The smallest absolute Gasteiger partial charge is 0.330 e. The largest absolute Gasteiger partial charge is 0.489 e. The predicted molar refractivity (Wildman–Crippen MR) is 149 cm³/mol. The molecule has 0 aliphatic heterocycles. The molecule has 0 aromatic heterocycles. The van der Waals surface area contributed by atoms with Gasteiger partial charge in [-0.2, -0.15) is 0 Å². The van der Waals surface area contributed by atoms with Crippen molar-refractivity contribution in [3.63, 3.8) is 0 Å². The fourth-order valence-corrected chi connectivity index (χ4v) is 5.97. The molecule has 2 aliphatic rings. The van der Waals surface area contributed by atoms with Gasteiger partial charge in [-0.1, -0.05) is 53.0 Å². The van der Waals surface area contributed by atoms with E-state index in [0.717, 1.165) is 48.0 Å². The molecule has 0 saturated heterocycles. The van der Waals surface area contributed by atoms with Crippen molar-refractivity contribution in [1.29, 1.82) is 0 Å². The molecule has 4 unspecified atom stereocenters. The number of hydrogen-bond donors (Lipinski definition) is 0. The second kappa shape index (κ2) is 11.6. The van der Waals surface area contributed by atoms with Crippen LogP contribution in [0.25, 0.3) is 10.8 Å². The summed E-state index contributed by atoms with van der Waals surface area (Å²) in [7, 11) is 0. The second-order valence-electron chi connectivity index (χ2n) is 10.6. The molecule has 0 heterocycles. The molecule has 1 fully saturated rings. The number of ether oxygens (including phenoxy) is 4. The minimum Gasteiger partial charge on any atom is -0.489 e. The topological polar surface area (TPSA) is 71.1 Å². The maximum absolute atomic E-state index is 11.9. The standard InChI is InChI=1S/C32H40O6/c1-7-20-12-13-24-25(16-20)30(35-18-22(8-2)37-26(33)10-4)28-21-14-15-32(6,17-21)29(28)31(24)36-19-23(9-3)38-27(34)11-5/h10-13,16,21-23H,4-5,7-9,14-15,17-19H2,1-3,6H3. The summed E-state index contributed by atoms with van der Waals surface area (Å²) in [4.78, 5) is 23.7. The van der Waals surface area contributed by atoms with Gasteiger partial charge in [0.25, 0.3) is 0 Å². The van der Waals surface area contributed by atoms with Crippen molar-refractivity contribution in [3.05, 3.63) is 60.2 Å². The third-order valence-electron chi connectivity index (χ3n) is 8.11. The lowest BCUT2D eigenvalue weighted by Gasteiger charge is -2.31. The molecule has 0 amide bonds. The van der Waals surface area contributed by atoms with Crippen molar-refractivity contribution in [2.45, 2.75) is 89.8 Å². The highest BCUT2D eigenvalue weighted by Crippen LogP contribution is 2.64. The Morgan fingerprint density at radius 2 is 1.58 bits per heavy atom.